The average Bonchev–Trinajstić information content (AvgIpc) is 4.08. The fourth-order valence-corrected chi connectivity index (χ4v) is 9.05. The molecule has 2 aromatic carbocycles. The number of alkyl carbamates (subject to hydrolysis) is 1. The number of H-pyrrole nitrogens is 2. The molecule has 4 N–H and O–H groups in total. The van der Waals surface area contributed by atoms with Gasteiger partial charge in [-0.15, -0.1) is 0 Å². The molecule has 0 aliphatic carbocycles. The second-order valence-corrected chi connectivity index (χ2v) is 16.4. The third kappa shape index (κ3) is 7.40. The summed E-state index contributed by atoms with van der Waals surface area (Å²) in [7, 11) is 1.29. The van der Waals surface area contributed by atoms with Crippen molar-refractivity contribution in [2.24, 2.45) is 11.8 Å². The van der Waals surface area contributed by atoms with E-state index in [-0.39, 0.29) is 42.0 Å². The van der Waals surface area contributed by atoms with Crippen molar-refractivity contribution in [3.8, 4) is 34.0 Å². The van der Waals surface area contributed by atoms with Crippen LogP contribution in [0.5, 0.6) is 11.5 Å². The van der Waals surface area contributed by atoms with Crippen LogP contribution in [0.3, 0.4) is 0 Å². The van der Waals surface area contributed by atoms with Gasteiger partial charge in [-0.05, 0) is 80.2 Å². The number of benzene rings is 2. The molecule has 0 unspecified atom stereocenters. The van der Waals surface area contributed by atoms with Gasteiger partial charge in [0.25, 0.3) is 5.91 Å². The third-order valence-electron chi connectivity index (χ3n) is 12.0. The standard InChI is InChI=1S/C43H51N9O7/c1-23(2)36(48-35(54)22-53)41(55)51-17-7-10-31(51)39-44-20-28(46-39)25-12-14-30-34(19-25)59-33-15-13-26(27-9-6-16-50(30)38(27)33)29-21-45-40(47-29)32-11-8-18-52(32)42(56)37(24(3)4)49-43(57)58-5/h12-15,19-24,31-32,36-37H,6-11,16-18H2,1-5H3,(H,44,46)(H,45,47)(H,48,54)(H,49,57)/t31-,32-,36-,37-/m0/s1. The number of likely N-dealkylation sites (tertiary alicyclic amines) is 2. The number of carbonyl (C=O) groups excluding carboxylic acids is 5. The van der Waals surface area contributed by atoms with E-state index in [0.29, 0.717) is 18.9 Å². The molecule has 8 rings (SSSR count). The first kappa shape index (κ1) is 39.6. The molecule has 0 bridgehead atoms. The van der Waals surface area contributed by atoms with Crippen LogP contribution in [-0.4, -0.2) is 98.7 Å². The minimum Gasteiger partial charge on any atom is -0.453 e. The van der Waals surface area contributed by atoms with Crippen LogP contribution in [0.25, 0.3) is 22.5 Å². The number of fused-ring (bicyclic) bond motifs is 2. The first-order chi connectivity index (χ1) is 28.5. The Hall–Kier alpha value is -6.19. The van der Waals surface area contributed by atoms with Gasteiger partial charge in [-0.25, -0.2) is 14.8 Å². The highest BCUT2D eigenvalue weighted by Crippen LogP contribution is 2.53. The van der Waals surface area contributed by atoms with Crippen molar-refractivity contribution in [3.05, 3.63) is 59.9 Å². The molecule has 0 radical (unpaired) electrons. The molecule has 6 heterocycles. The molecular weight excluding hydrogens is 755 g/mol. The normalized spacial score (nSPS) is 19.2. The summed E-state index contributed by atoms with van der Waals surface area (Å²) in [6.07, 6.45) is 8.10. The predicted octanol–water partition coefficient (Wildman–Crippen LogP) is 5.70. The number of methoxy groups -OCH3 is 1. The molecule has 59 heavy (non-hydrogen) atoms. The largest absolute Gasteiger partial charge is 0.453 e. The lowest BCUT2D eigenvalue weighted by atomic mass is 9.92. The highest BCUT2D eigenvalue weighted by Gasteiger charge is 2.40. The second kappa shape index (κ2) is 16.2. The zero-order valence-corrected chi connectivity index (χ0v) is 34.0. The van der Waals surface area contributed by atoms with E-state index in [1.807, 2.05) is 57.0 Å². The van der Waals surface area contributed by atoms with E-state index in [9.17, 15) is 24.0 Å². The third-order valence-corrected chi connectivity index (χ3v) is 12.0. The lowest BCUT2D eigenvalue weighted by Crippen LogP contribution is -2.51. The molecular formula is C43H51N9O7. The molecule has 4 atom stereocenters. The van der Waals surface area contributed by atoms with Gasteiger partial charge in [0.2, 0.25) is 18.1 Å². The van der Waals surface area contributed by atoms with Crippen LogP contribution >= 0.6 is 0 Å². The summed E-state index contributed by atoms with van der Waals surface area (Å²) >= 11 is 0. The van der Waals surface area contributed by atoms with Gasteiger partial charge in [0, 0.05) is 30.8 Å². The highest BCUT2D eigenvalue weighted by atomic mass is 16.5. The maximum absolute atomic E-state index is 13.7. The van der Waals surface area contributed by atoms with Gasteiger partial charge in [-0.2, -0.15) is 0 Å². The molecule has 4 aliphatic heterocycles. The summed E-state index contributed by atoms with van der Waals surface area (Å²) in [5.74, 6) is 1.37. The lowest BCUT2D eigenvalue weighted by Gasteiger charge is -2.38. The molecule has 16 nitrogen and oxygen atoms in total. The van der Waals surface area contributed by atoms with Gasteiger partial charge in [-0.1, -0.05) is 33.8 Å². The van der Waals surface area contributed by atoms with E-state index in [2.05, 4.69) is 37.6 Å². The Morgan fingerprint density at radius 3 is 2.07 bits per heavy atom. The lowest BCUT2D eigenvalue weighted by molar-refractivity contribution is -0.140. The van der Waals surface area contributed by atoms with Gasteiger partial charge < -0.3 is 44.8 Å². The van der Waals surface area contributed by atoms with E-state index < -0.39 is 24.1 Å². The maximum atomic E-state index is 13.7. The quantitative estimate of drug-likeness (QED) is 0.108. The van der Waals surface area contributed by atoms with Crippen molar-refractivity contribution in [2.75, 3.05) is 31.6 Å². The first-order valence-corrected chi connectivity index (χ1v) is 20.5. The maximum Gasteiger partial charge on any atom is 0.407 e. The zero-order chi connectivity index (χ0) is 41.5. The number of amides is 4. The van der Waals surface area contributed by atoms with Gasteiger partial charge in [0.05, 0.1) is 54.3 Å². The molecule has 2 saturated heterocycles. The summed E-state index contributed by atoms with van der Waals surface area (Å²) in [4.78, 5) is 84.7. The van der Waals surface area contributed by atoms with Crippen molar-refractivity contribution in [1.29, 1.82) is 0 Å². The highest BCUT2D eigenvalue weighted by molar-refractivity contribution is 6.24. The first-order valence-electron chi connectivity index (χ1n) is 20.5. The molecule has 2 aromatic heterocycles. The number of rotatable bonds is 11. The number of aromatic amines is 2. The van der Waals surface area contributed by atoms with Crippen molar-refractivity contribution in [1.82, 2.24) is 40.4 Å². The Morgan fingerprint density at radius 2 is 1.44 bits per heavy atom. The molecule has 310 valence electrons. The smallest absolute Gasteiger partial charge is 0.407 e. The van der Waals surface area contributed by atoms with E-state index in [1.54, 1.807) is 11.1 Å². The van der Waals surface area contributed by atoms with Crippen LogP contribution in [0.4, 0.5) is 16.2 Å². The predicted molar refractivity (Wildman–Crippen MR) is 218 cm³/mol. The number of nitrogens with one attached hydrogen (secondary N) is 4. The summed E-state index contributed by atoms with van der Waals surface area (Å²) in [5.41, 5.74) is 6.76. The number of aldehydes is 1. The Morgan fingerprint density at radius 1 is 0.814 bits per heavy atom. The monoisotopic (exact) mass is 805 g/mol. The van der Waals surface area contributed by atoms with Crippen LogP contribution < -0.4 is 20.3 Å². The zero-order valence-electron chi connectivity index (χ0n) is 34.0. The molecule has 0 saturated carbocycles. The van der Waals surface area contributed by atoms with Gasteiger partial charge in [0.15, 0.2) is 11.5 Å². The molecule has 4 aromatic rings. The van der Waals surface area contributed by atoms with Crippen LogP contribution in [0, 0.1) is 11.8 Å². The van der Waals surface area contributed by atoms with Crippen LogP contribution in [0.2, 0.25) is 0 Å². The van der Waals surface area contributed by atoms with Crippen LogP contribution in [-0.2, 0) is 30.3 Å². The fraction of sp³-hybridized carbons (Fsp3) is 0.465. The van der Waals surface area contributed by atoms with Crippen molar-refractivity contribution in [3.63, 3.8) is 0 Å². The van der Waals surface area contributed by atoms with Gasteiger partial charge >= 0.3 is 6.09 Å². The summed E-state index contributed by atoms with van der Waals surface area (Å²) in [5, 5.41) is 5.27. The minimum atomic E-state index is -0.811. The van der Waals surface area contributed by atoms with E-state index in [4.69, 9.17) is 19.4 Å². The van der Waals surface area contributed by atoms with Crippen molar-refractivity contribution >= 4 is 41.5 Å². The topological polar surface area (TPSA) is 195 Å². The molecule has 16 heteroatoms. The van der Waals surface area contributed by atoms with Crippen LogP contribution in [0.1, 0.15) is 89.1 Å². The number of ether oxygens (including phenoxy) is 2. The molecule has 2 fully saturated rings. The number of nitrogens with zero attached hydrogens (tertiary/aromatic N) is 5. The summed E-state index contributed by atoms with van der Waals surface area (Å²) < 4.78 is 11.4. The van der Waals surface area contributed by atoms with E-state index in [0.717, 1.165) is 96.3 Å². The Bertz CT molecular complexity index is 2280. The van der Waals surface area contributed by atoms with E-state index >= 15 is 0 Å². The number of hydrogen-bond acceptors (Lipinski definition) is 10. The Labute approximate surface area is 342 Å². The number of anilines is 2. The Balaban J connectivity index is 1.01. The van der Waals surface area contributed by atoms with Gasteiger partial charge in [0.1, 0.15) is 23.7 Å². The number of carbonyl (C=O) groups is 5. The SMILES string of the molecule is COC(=O)N[C@H](C(=O)N1CCC[C@H]1c1ncc(-c2ccc3c4c2CCCN4c2ccc(-c4cnc([C@@H]5CCCN5C(=O)[C@@H](NC(=O)C=O)C(C)C)[nH]4)cc2O3)[nH]1)C(C)C. The molecule has 4 aliphatic rings. The van der Waals surface area contributed by atoms with Crippen molar-refractivity contribution in [2.45, 2.75) is 90.4 Å². The molecule has 0 spiro atoms. The van der Waals surface area contributed by atoms with Gasteiger partial charge in [-0.3, -0.25) is 19.2 Å². The average molecular weight is 806 g/mol. The molecule has 4 amide bonds. The fourth-order valence-electron chi connectivity index (χ4n) is 9.05. The number of imidazole rings is 2. The minimum absolute atomic E-state index is 0.122. The Kier molecular flexibility index (Phi) is 10.9. The van der Waals surface area contributed by atoms with E-state index in [1.165, 1.54) is 12.7 Å². The van der Waals surface area contributed by atoms with Crippen molar-refractivity contribution < 1.29 is 33.4 Å². The second-order valence-electron chi connectivity index (χ2n) is 16.4. The number of aromatic nitrogens is 4. The summed E-state index contributed by atoms with van der Waals surface area (Å²) in [6.45, 7) is 9.42. The summed E-state index contributed by atoms with van der Waals surface area (Å²) in [6, 6.07) is 8.16. The number of hydrogen-bond donors (Lipinski definition) is 4. The van der Waals surface area contributed by atoms with Crippen LogP contribution in [0.15, 0.2) is 42.7 Å².